The van der Waals surface area contributed by atoms with Gasteiger partial charge in [-0.3, -0.25) is 4.79 Å². The van der Waals surface area contributed by atoms with Crippen LogP contribution in [0.25, 0.3) is 0 Å². The van der Waals surface area contributed by atoms with Crippen LogP contribution in [0.4, 0.5) is 0 Å². The van der Waals surface area contributed by atoms with Gasteiger partial charge in [0.1, 0.15) is 0 Å². The number of benzene rings is 1. The summed E-state index contributed by atoms with van der Waals surface area (Å²) in [6.07, 6.45) is 2.42. The van der Waals surface area contributed by atoms with E-state index in [1.165, 1.54) is 24.0 Å². The summed E-state index contributed by atoms with van der Waals surface area (Å²) in [6.45, 7) is 7.57. The van der Waals surface area contributed by atoms with Crippen molar-refractivity contribution in [3.05, 3.63) is 35.4 Å². The van der Waals surface area contributed by atoms with Crippen LogP contribution in [-0.4, -0.2) is 25.0 Å². The Labute approximate surface area is 122 Å². The number of carbonyl (C=O) groups is 1. The fourth-order valence-electron chi connectivity index (χ4n) is 2.65. The summed E-state index contributed by atoms with van der Waals surface area (Å²) in [5.41, 5.74) is 2.81. The quantitative estimate of drug-likeness (QED) is 0.783. The largest absolute Gasteiger partial charge is 0.355 e. The lowest BCUT2D eigenvalue weighted by Gasteiger charge is -2.36. The predicted molar refractivity (Wildman–Crippen MR) is 82.8 cm³/mol. The molecular weight excluding hydrogens is 248 g/mol. The Balaban J connectivity index is 1.61. The highest BCUT2D eigenvalue weighted by molar-refractivity contribution is 5.77. The van der Waals surface area contributed by atoms with Crippen molar-refractivity contribution < 1.29 is 4.79 Å². The normalized spacial score (nSPS) is 21.6. The number of hydrogen-bond acceptors (Lipinski definition) is 2. The first kappa shape index (κ1) is 15.0. The molecule has 2 N–H and O–H groups in total. The summed E-state index contributed by atoms with van der Waals surface area (Å²) < 4.78 is 0. The van der Waals surface area contributed by atoms with Crippen LogP contribution in [0.5, 0.6) is 0 Å². The minimum atomic E-state index is 0.0735. The third-order valence-electron chi connectivity index (χ3n) is 4.03. The molecular formula is C17H26N2O. The third-order valence-corrected chi connectivity index (χ3v) is 4.03. The van der Waals surface area contributed by atoms with E-state index in [1.54, 1.807) is 0 Å². The Hall–Kier alpha value is -1.35. The molecule has 2 rings (SSSR count). The van der Waals surface area contributed by atoms with Crippen LogP contribution >= 0.6 is 0 Å². The second-order valence-electron chi connectivity index (χ2n) is 6.18. The summed E-state index contributed by atoms with van der Waals surface area (Å²) in [6, 6.07) is 9.43. The van der Waals surface area contributed by atoms with Gasteiger partial charge in [0.25, 0.3) is 0 Å². The lowest BCUT2D eigenvalue weighted by atomic mass is 9.75. The molecule has 0 aromatic heterocycles. The average Bonchev–Trinajstić information content (AvgIpc) is 2.35. The van der Waals surface area contributed by atoms with Gasteiger partial charge in [0, 0.05) is 25.0 Å². The van der Waals surface area contributed by atoms with Crippen molar-refractivity contribution in [1.82, 2.24) is 10.6 Å². The molecule has 1 saturated carbocycles. The van der Waals surface area contributed by atoms with Gasteiger partial charge in [0.05, 0.1) is 0 Å². The molecule has 1 aromatic carbocycles. The molecule has 20 heavy (non-hydrogen) atoms. The molecule has 1 fully saturated rings. The van der Waals surface area contributed by atoms with Crippen LogP contribution in [0.15, 0.2) is 24.3 Å². The van der Waals surface area contributed by atoms with Crippen molar-refractivity contribution >= 4 is 5.91 Å². The minimum Gasteiger partial charge on any atom is -0.355 e. The van der Waals surface area contributed by atoms with Gasteiger partial charge in [-0.15, -0.1) is 0 Å². The van der Waals surface area contributed by atoms with E-state index >= 15 is 0 Å². The molecule has 1 aliphatic carbocycles. The van der Waals surface area contributed by atoms with Gasteiger partial charge in [0.15, 0.2) is 0 Å². The van der Waals surface area contributed by atoms with Crippen molar-refractivity contribution in [3.8, 4) is 0 Å². The highest BCUT2D eigenvalue weighted by Gasteiger charge is 2.29. The number of nitrogens with one attached hydrogen (secondary N) is 2. The van der Waals surface area contributed by atoms with E-state index < -0.39 is 0 Å². The molecule has 0 unspecified atom stereocenters. The van der Waals surface area contributed by atoms with Crippen LogP contribution in [0.2, 0.25) is 0 Å². The van der Waals surface area contributed by atoms with E-state index in [9.17, 15) is 4.79 Å². The first-order valence-electron chi connectivity index (χ1n) is 7.64. The van der Waals surface area contributed by atoms with Gasteiger partial charge in [-0.1, -0.05) is 43.7 Å². The molecule has 3 nitrogen and oxygen atoms in total. The zero-order valence-corrected chi connectivity index (χ0v) is 12.8. The highest BCUT2D eigenvalue weighted by atomic mass is 16.1. The Morgan fingerprint density at radius 2 is 2.05 bits per heavy atom. The van der Waals surface area contributed by atoms with Gasteiger partial charge in [-0.05, 0) is 31.2 Å². The summed E-state index contributed by atoms with van der Waals surface area (Å²) in [7, 11) is 0. The van der Waals surface area contributed by atoms with E-state index in [0.29, 0.717) is 12.0 Å². The van der Waals surface area contributed by atoms with Crippen LogP contribution in [-0.2, 0) is 4.79 Å². The van der Waals surface area contributed by atoms with E-state index in [4.69, 9.17) is 0 Å². The van der Waals surface area contributed by atoms with Crippen molar-refractivity contribution in [2.24, 2.45) is 5.92 Å². The molecule has 0 bridgehead atoms. The molecule has 1 aromatic rings. The van der Waals surface area contributed by atoms with Crippen LogP contribution in [0, 0.1) is 12.8 Å². The highest BCUT2D eigenvalue weighted by Crippen LogP contribution is 2.36. The second kappa shape index (κ2) is 6.89. The number of carbonyl (C=O) groups excluding carboxylic acids is 1. The molecule has 0 heterocycles. The maximum Gasteiger partial charge on any atom is 0.222 e. The molecule has 0 spiro atoms. The number of aryl methyl sites for hydroxylation is 1. The fourth-order valence-corrected chi connectivity index (χ4v) is 2.65. The summed E-state index contributed by atoms with van der Waals surface area (Å²) in [4.78, 5) is 11.4. The topological polar surface area (TPSA) is 41.1 Å². The van der Waals surface area contributed by atoms with Crippen molar-refractivity contribution in [1.29, 1.82) is 0 Å². The molecule has 0 saturated heterocycles. The smallest absolute Gasteiger partial charge is 0.222 e. The minimum absolute atomic E-state index is 0.0735. The van der Waals surface area contributed by atoms with Crippen LogP contribution < -0.4 is 10.6 Å². The number of amides is 1. The van der Waals surface area contributed by atoms with Crippen LogP contribution in [0.1, 0.15) is 43.7 Å². The van der Waals surface area contributed by atoms with Gasteiger partial charge in [-0.2, -0.15) is 0 Å². The zero-order chi connectivity index (χ0) is 14.5. The zero-order valence-electron chi connectivity index (χ0n) is 12.8. The number of hydrogen-bond donors (Lipinski definition) is 2. The van der Waals surface area contributed by atoms with Gasteiger partial charge >= 0.3 is 0 Å². The monoisotopic (exact) mass is 274 g/mol. The number of rotatable bonds is 6. The molecule has 0 aliphatic heterocycles. The Kier molecular flexibility index (Phi) is 5.18. The molecule has 110 valence electrons. The van der Waals surface area contributed by atoms with Crippen LogP contribution in [0.3, 0.4) is 0 Å². The Bertz CT molecular complexity index is 450. The summed E-state index contributed by atoms with van der Waals surface area (Å²) >= 11 is 0. The van der Waals surface area contributed by atoms with E-state index in [-0.39, 0.29) is 11.8 Å². The fraction of sp³-hybridized carbons (Fsp3) is 0.588. The molecule has 1 aliphatic rings. The molecule has 3 heteroatoms. The Morgan fingerprint density at radius 1 is 1.30 bits per heavy atom. The maximum absolute atomic E-state index is 11.4. The van der Waals surface area contributed by atoms with Crippen molar-refractivity contribution in [2.75, 3.05) is 13.1 Å². The third kappa shape index (κ3) is 4.07. The lowest BCUT2D eigenvalue weighted by Crippen LogP contribution is -2.43. The predicted octanol–water partition coefficient (Wildman–Crippen LogP) is 2.60. The van der Waals surface area contributed by atoms with Gasteiger partial charge in [0.2, 0.25) is 5.91 Å². The first-order valence-corrected chi connectivity index (χ1v) is 7.64. The van der Waals surface area contributed by atoms with Gasteiger partial charge < -0.3 is 10.6 Å². The molecule has 0 radical (unpaired) electrons. The molecule has 0 atom stereocenters. The second-order valence-corrected chi connectivity index (χ2v) is 6.18. The summed E-state index contributed by atoms with van der Waals surface area (Å²) in [5, 5.41) is 6.45. The van der Waals surface area contributed by atoms with Crippen molar-refractivity contribution in [3.63, 3.8) is 0 Å². The summed E-state index contributed by atoms with van der Waals surface area (Å²) in [5.74, 6) is 0.917. The average molecular weight is 274 g/mol. The SMILES string of the molecule is Cc1cccc(C2CC(NCCNC(=O)C(C)C)C2)c1. The van der Waals surface area contributed by atoms with Crippen molar-refractivity contribution in [2.45, 2.75) is 45.6 Å². The van der Waals surface area contributed by atoms with E-state index in [0.717, 1.165) is 13.1 Å². The standard InChI is InChI=1S/C17H26N2O/c1-12(2)17(20)19-8-7-18-16-10-15(11-16)14-6-4-5-13(3)9-14/h4-6,9,12,15-16,18H,7-8,10-11H2,1-3H3,(H,19,20). The maximum atomic E-state index is 11.4. The first-order chi connectivity index (χ1) is 9.56. The molecule has 1 amide bonds. The Morgan fingerprint density at radius 3 is 2.70 bits per heavy atom. The van der Waals surface area contributed by atoms with E-state index in [2.05, 4.69) is 41.8 Å². The lowest BCUT2D eigenvalue weighted by molar-refractivity contribution is -0.123. The van der Waals surface area contributed by atoms with E-state index in [1.807, 2.05) is 13.8 Å². The van der Waals surface area contributed by atoms with Gasteiger partial charge in [-0.25, -0.2) is 0 Å².